The zero-order valence-corrected chi connectivity index (χ0v) is 12.4. The summed E-state index contributed by atoms with van der Waals surface area (Å²) in [5, 5.41) is 5.07. The molecule has 1 aromatic carbocycles. The van der Waals surface area contributed by atoms with Crippen molar-refractivity contribution in [3.8, 4) is 0 Å². The van der Waals surface area contributed by atoms with Crippen LogP contribution in [-0.4, -0.2) is 5.91 Å². The Morgan fingerprint density at radius 2 is 2.28 bits per heavy atom. The minimum Gasteiger partial charge on any atom is -0.398 e. The quantitative estimate of drug-likeness (QED) is 0.834. The SMILES string of the molecule is Nc1cccc(C(=O)NCc2cc(Br)cs2)c1Cl. The number of benzene rings is 1. The minimum atomic E-state index is -0.225. The normalized spacial score (nSPS) is 10.3. The third-order valence-corrected chi connectivity index (χ3v) is 4.44. The molecular weight excluding hydrogens is 336 g/mol. The molecule has 0 aliphatic heterocycles. The standard InChI is InChI=1S/C12H10BrClN2OS/c13-7-4-8(18-6-7)5-16-12(17)9-2-1-3-10(15)11(9)14/h1-4,6H,5,15H2,(H,16,17). The zero-order valence-electron chi connectivity index (χ0n) is 9.24. The fraction of sp³-hybridized carbons (Fsp3) is 0.0833. The third kappa shape index (κ3) is 3.04. The van der Waals surface area contributed by atoms with Gasteiger partial charge in [0.25, 0.3) is 5.91 Å². The van der Waals surface area contributed by atoms with E-state index in [0.29, 0.717) is 22.8 Å². The van der Waals surface area contributed by atoms with E-state index in [4.69, 9.17) is 17.3 Å². The molecule has 18 heavy (non-hydrogen) atoms. The van der Waals surface area contributed by atoms with E-state index in [2.05, 4.69) is 21.2 Å². The fourth-order valence-electron chi connectivity index (χ4n) is 1.43. The van der Waals surface area contributed by atoms with E-state index in [9.17, 15) is 4.79 Å². The number of thiophene rings is 1. The van der Waals surface area contributed by atoms with Gasteiger partial charge in [-0.25, -0.2) is 0 Å². The van der Waals surface area contributed by atoms with Gasteiger partial charge in [0.05, 0.1) is 22.8 Å². The van der Waals surface area contributed by atoms with Crippen molar-refractivity contribution in [1.29, 1.82) is 0 Å². The summed E-state index contributed by atoms with van der Waals surface area (Å²) in [6.45, 7) is 0.472. The van der Waals surface area contributed by atoms with Crippen LogP contribution in [0.4, 0.5) is 5.69 Å². The van der Waals surface area contributed by atoms with Crippen LogP contribution in [0.1, 0.15) is 15.2 Å². The average Bonchev–Trinajstić information content (AvgIpc) is 2.76. The van der Waals surface area contributed by atoms with Gasteiger partial charge in [-0.3, -0.25) is 4.79 Å². The van der Waals surface area contributed by atoms with Gasteiger partial charge >= 0.3 is 0 Å². The third-order valence-electron chi connectivity index (χ3n) is 2.32. The highest BCUT2D eigenvalue weighted by Crippen LogP contribution is 2.23. The number of carbonyl (C=O) groups excluding carboxylic acids is 1. The number of anilines is 1. The van der Waals surface area contributed by atoms with Crippen molar-refractivity contribution >= 4 is 50.5 Å². The molecule has 0 unspecified atom stereocenters. The molecule has 2 aromatic rings. The monoisotopic (exact) mass is 344 g/mol. The lowest BCUT2D eigenvalue weighted by molar-refractivity contribution is 0.0951. The number of nitrogens with one attached hydrogen (secondary N) is 1. The number of carbonyl (C=O) groups is 1. The first-order valence-electron chi connectivity index (χ1n) is 5.13. The Balaban J connectivity index is 2.06. The highest BCUT2D eigenvalue weighted by molar-refractivity contribution is 9.10. The molecule has 0 radical (unpaired) electrons. The molecule has 6 heteroatoms. The van der Waals surface area contributed by atoms with Crippen LogP contribution in [0.5, 0.6) is 0 Å². The van der Waals surface area contributed by atoms with Gasteiger partial charge in [-0.1, -0.05) is 17.7 Å². The lowest BCUT2D eigenvalue weighted by atomic mass is 10.2. The molecule has 3 N–H and O–H groups in total. The summed E-state index contributed by atoms with van der Waals surface area (Å²) in [6, 6.07) is 6.98. The van der Waals surface area contributed by atoms with Crippen molar-refractivity contribution in [3.05, 3.63) is 49.6 Å². The van der Waals surface area contributed by atoms with E-state index < -0.39 is 0 Å². The van der Waals surface area contributed by atoms with Gasteiger partial charge < -0.3 is 11.1 Å². The lowest BCUT2D eigenvalue weighted by Gasteiger charge is -2.07. The maximum atomic E-state index is 11.9. The summed E-state index contributed by atoms with van der Waals surface area (Å²) in [4.78, 5) is 13.0. The Morgan fingerprint density at radius 1 is 1.50 bits per heavy atom. The Labute approximate surface area is 122 Å². The van der Waals surface area contributed by atoms with E-state index in [1.165, 1.54) is 0 Å². The topological polar surface area (TPSA) is 55.1 Å². The number of amides is 1. The van der Waals surface area contributed by atoms with Crippen molar-refractivity contribution in [2.75, 3.05) is 5.73 Å². The highest BCUT2D eigenvalue weighted by Gasteiger charge is 2.11. The van der Waals surface area contributed by atoms with Crippen LogP contribution in [0, 0.1) is 0 Å². The van der Waals surface area contributed by atoms with Gasteiger partial charge in [-0.15, -0.1) is 11.3 Å². The van der Waals surface area contributed by atoms with Gasteiger partial charge in [0.15, 0.2) is 0 Å². The molecule has 2 rings (SSSR count). The van der Waals surface area contributed by atoms with E-state index in [0.717, 1.165) is 9.35 Å². The maximum Gasteiger partial charge on any atom is 0.253 e. The van der Waals surface area contributed by atoms with Gasteiger partial charge in [0.2, 0.25) is 0 Å². The molecular formula is C12H10BrClN2OS. The number of nitrogens with two attached hydrogens (primary N) is 1. The second-order valence-corrected chi connectivity index (χ2v) is 5.91. The van der Waals surface area contributed by atoms with E-state index in [1.807, 2.05) is 11.4 Å². The first kappa shape index (κ1) is 13.4. The Hall–Kier alpha value is -1.04. The molecule has 0 bridgehead atoms. The molecule has 1 amide bonds. The van der Waals surface area contributed by atoms with E-state index in [-0.39, 0.29) is 5.91 Å². The summed E-state index contributed by atoms with van der Waals surface area (Å²) < 4.78 is 1.01. The molecule has 1 aromatic heterocycles. The van der Waals surface area contributed by atoms with Crippen LogP contribution in [0.15, 0.2) is 34.1 Å². The molecule has 1 heterocycles. The van der Waals surface area contributed by atoms with Crippen LogP contribution in [0.2, 0.25) is 5.02 Å². The predicted molar refractivity (Wildman–Crippen MR) is 79.1 cm³/mol. The fourth-order valence-corrected chi connectivity index (χ4v) is 3.04. The smallest absolute Gasteiger partial charge is 0.253 e. The summed E-state index contributed by atoms with van der Waals surface area (Å²) in [6.07, 6.45) is 0. The largest absolute Gasteiger partial charge is 0.398 e. The molecule has 0 aliphatic carbocycles. The summed E-state index contributed by atoms with van der Waals surface area (Å²) in [5.74, 6) is -0.225. The lowest BCUT2D eigenvalue weighted by Crippen LogP contribution is -2.22. The highest BCUT2D eigenvalue weighted by atomic mass is 79.9. The summed E-state index contributed by atoms with van der Waals surface area (Å²) in [5.41, 5.74) is 6.45. The van der Waals surface area contributed by atoms with Gasteiger partial charge in [0.1, 0.15) is 0 Å². The van der Waals surface area contributed by atoms with Crippen LogP contribution in [0.3, 0.4) is 0 Å². The molecule has 0 spiro atoms. The van der Waals surface area contributed by atoms with E-state index >= 15 is 0 Å². The molecule has 94 valence electrons. The van der Waals surface area contributed by atoms with Crippen molar-refractivity contribution in [3.63, 3.8) is 0 Å². The number of halogens is 2. The molecule has 0 fully saturated rings. The minimum absolute atomic E-state index is 0.225. The number of hydrogen-bond donors (Lipinski definition) is 2. The first-order chi connectivity index (χ1) is 8.58. The number of hydrogen-bond acceptors (Lipinski definition) is 3. The van der Waals surface area contributed by atoms with Gasteiger partial charge in [0, 0.05) is 14.7 Å². The summed E-state index contributed by atoms with van der Waals surface area (Å²) in [7, 11) is 0. The number of rotatable bonds is 3. The molecule has 0 saturated carbocycles. The molecule has 0 saturated heterocycles. The van der Waals surface area contributed by atoms with Crippen molar-refractivity contribution in [2.24, 2.45) is 0 Å². The predicted octanol–water partition coefficient (Wildman–Crippen LogP) is 3.68. The second-order valence-electron chi connectivity index (χ2n) is 3.62. The van der Waals surface area contributed by atoms with Gasteiger partial charge in [-0.2, -0.15) is 0 Å². The Morgan fingerprint density at radius 3 is 2.94 bits per heavy atom. The average molecular weight is 346 g/mol. The van der Waals surface area contributed by atoms with Crippen molar-refractivity contribution in [1.82, 2.24) is 5.32 Å². The Bertz CT molecular complexity index is 585. The maximum absolute atomic E-state index is 11.9. The van der Waals surface area contributed by atoms with Crippen LogP contribution < -0.4 is 11.1 Å². The van der Waals surface area contributed by atoms with Gasteiger partial charge in [-0.05, 0) is 34.1 Å². The second kappa shape index (κ2) is 5.73. The molecule has 0 aliphatic rings. The van der Waals surface area contributed by atoms with Crippen LogP contribution in [-0.2, 0) is 6.54 Å². The summed E-state index contributed by atoms with van der Waals surface area (Å²) >= 11 is 10.9. The zero-order chi connectivity index (χ0) is 13.1. The first-order valence-corrected chi connectivity index (χ1v) is 7.18. The molecule has 3 nitrogen and oxygen atoms in total. The van der Waals surface area contributed by atoms with Crippen molar-refractivity contribution in [2.45, 2.75) is 6.54 Å². The van der Waals surface area contributed by atoms with Crippen LogP contribution >= 0.6 is 38.9 Å². The van der Waals surface area contributed by atoms with Crippen LogP contribution in [0.25, 0.3) is 0 Å². The Kier molecular flexibility index (Phi) is 4.27. The van der Waals surface area contributed by atoms with Crippen molar-refractivity contribution < 1.29 is 4.79 Å². The number of nitrogen functional groups attached to an aromatic ring is 1. The van der Waals surface area contributed by atoms with E-state index in [1.54, 1.807) is 29.5 Å². The molecule has 0 atom stereocenters.